The van der Waals surface area contributed by atoms with Crippen molar-refractivity contribution in [3.8, 4) is 5.75 Å². The predicted octanol–water partition coefficient (Wildman–Crippen LogP) is 4.37. The number of hydrogen-bond acceptors (Lipinski definition) is 4. The van der Waals surface area contributed by atoms with Gasteiger partial charge in [-0.1, -0.05) is 37.6 Å². The van der Waals surface area contributed by atoms with Gasteiger partial charge in [-0.25, -0.2) is 0 Å². The first-order chi connectivity index (χ1) is 14.9. The van der Waals surface area contributed by atoms with Crippen LogP contribution in [-0.4, -0.2) is 36.5 Å². The second-order valence-corrected chi connectivity index (χ2v) is 8.34. The average Bonchev–Trinajstić information content (AvgIpc) is 3.30. The molecule has 2 aromatic rings. The summed E-state index contributed by atoms with van der Waals surface area (Å²) in [5.74, 6) is 0.0690. The lowest BCUT2D eigenvalue weighted by Gasteiger charge is -2.31. The third-order valence-electron chi connectivity index (χ3n) is 5.65. The zero-order valence-electron chi connectivity index (χ0n) is 18.7. The third-order valence-corrected chi connectivity index (χ3v) is 5.65. The van der Waals surface area contributed by atoms with E-state index >= 15 is 0 Å². The molecular weight excluding hydrogens is 390 g/mol. The molecule has 0 aromatic heterocycles. The molecule has 1 aliphatic rings. The van der Waals surface area contributed by atoms with Gasteiger partial charge in [0.15, 0.2) is 6.10 Å². The lowest BCUT2D eigenvalue weighted by molar-refractivity contribution is -0.134. The van der Waals surface area contributed by atoms with Crippen LogP contribution >= 0.6 is 0 Å². The quantitative estimate of drug-likeness (QED) is 0.628. The van der Waals surface area contributed by atoms with Gasteiger partial charge in [0.2, 0.25) is 5.91 Å². The van der Waals surface area contributed by atoms with Crippen molar-refractivity contribution in [3.05, 3.63) is 54.6 Å². The van der Waals surface area contributed by atoms with Gasteiger partial charge in [-0.05, 0) is 63.4 Å². The third kappa shape index (κ3) is 6.00. The number of para-hydroxylation sites is 1. The van der Waals surface area contributed by atoms with Gasteiger partial charge in [0.05, 0.1) is 0 Å². The molecule has 6 nitrogen and oxygen atoms in total. The maximum atomic E-state index is 13.2. The van der Waals surface area contributed by atoms with Gasteiger partial charge in [0.1, 0.15) is 11.3 Å². The van der Waals surface area contributed by atoms with Crippen LogP contribution in [0.25, 0.3) is 0 Å². The van der Waals surface area contributed by atoms with E-state index in [1.54, 1.807) is 26.0 Å². The van der Waals surface area contributed by atoms with Gasteiger partial charge in [-0.2, -0.15) is 0 Å². The number of hydrogen-bond donors (Lipinski definition) is 2. The SMILES string of the molecule is CCCC(C)(NC(=O)C(C)Oc1ccccc1)C(=O)Nc1cccc(N2CCCC2)c1. The molecule has 0 aliphatic carbocycles. The molecule has 1 saturated heterocycles. The topological polar surface area (TPSA) is 70.7 Å². The monoisotopic (exact) mass is 423 g/mol. The second kappa shape index (κ2) is 10.3. The number of nitrogens with one attached hydrogen (secondary N) is 2. The summed E-state index contributed by atoms with van der Waals surface area (Å²) in [6, 6.07) is 17.1. The van der Waals surface area contributed by atoms with E-state index < -0.39 is 11.6 Å². The van der Waals surface area contributed by atoms with E-state index in [9.17, 15) is 9.59 Å². The summed E-state index contributed by atoms with van der Waals surface area (Å²) in [5, 5.41) is 5.92. The minimum Gasteiger partial charge on any atom is -0.481 e. The molecule has 2 amide bonds. The standard InChI is InChI=1S/C25H33N3O3/c1-4-15-25(3,27-23(29)19(2)31-22-13-6-5-7-14-22)24(30)26-20-11-10-12-21(18-20)28-16-8-9-17-28/h5-7,10-14,18-19H,4,8-9,15-17H2,1-3H3,(H,26,30)(H,27,29). The maximum absolute atomic E-state index is 13.2. The molecule has 1 fully saturated rings. The summed E-state index contributed by atoms with van der Waals surface area (Å²) in [6.45, 7) is 7.53. The Kier molecular flexibility index (Phi) is 7.55. The van der Waals surface area contributed by atoms with Crippen molar-refractivity contribution in [2.45, 2.75) is 58.1 Å². The van der Waals surface area contributed by atoms with Crippen LogP contribution in [0.2, 0.25) is 0 Å². The van der Waals surface area contributed by atoms with E-state index in [1.807, 2.05) is 43.3 Å². The Balaban J connectivity index is 1.67. The number of benzene rings is 2. The first kappa shape index (κ1) is 22.7. The van der Waals surface area contributed by atoms with Crippen molar-refractivity contribution in [1.82, 2.24) is 5.32 Å². The van der Waals surface area contributed by atoms with Gasteiger partial charge in [-0.3, -0.25) is 9.59 Å². The van der Waals surface area contributed by atoms with Crippen LogP contribution in [0.4, 0.5) is 11.4 Å². The van der Waals surface area contributed by atoms with E-state index in [2.05, 4.69) is 21.6 Å². The highest BCUT2D eigenvalue weighted by molar-refractivity contribution is 6.01. The van der Waals surface area contributed by atoms with Gasteiger partial charge < -0.3 is 20.3 Å². The second-order valence-electron chi connectivity index (χ2n) is 8.34. The Morgan fingerprint density at radius 1 is 1.10 bits per heavy atom. The van der Waals surface area contributed by atoms with Crippen molar-refractivity contribution in [2.24, 2.45) is 0 Å². The van der Waals surface area contributed by atoms with Gasteiger partial charge >= 0.3 is 0 Å². The Labute approximate surface area is 185 Å². The minimum absolute atomic E-state index is 0.229. The number of carbonyl (C=O) groups excluding carboxylic acids is 2. The summed E-state index contributed by atoms with van der Waals surface area (Å²) in [4.78, 5) is 28.3. The summed E-state index contributed by atoms with van der Waals surface area (Å²) >= 11 is 0. The van der Waals surface area contributed by atoms with E-state index in [1.165, 1.54) is 12.8 Å². The molecule has 0 spiro atoms. The van der Waals surface area contributed by atoms with Gasteiger partial charge in [-0.15, -0.1) is 0 Å². The number of nitrogens with zero attached hydrogens (tertiary/aromatic N) is 1. The number of anilines is 2. The first-order valence-electron chi connectivity index (χ1n) is 11.1. The van der Waals surface area contributed by atoms with Crippen LogP contribution in [0.15, 0.2) is 54.6 Å². The van der Waals surface area contributed by atoms with Crippen LogP contribution in [-0.2, 0) is 9.59 Å². The molecule has 2 N–H and O–H groups in total. The van der Waals surface area contributed by atoms with Crippen molar-refractivity contribution in [3.63, 3.8) is 0 Å². The van der Waals surface area contributed by atoms with Gasteiger partial charge in [0.25, 0.3) is 5.91 Å². The number of ether oxygens (including phenoxy) is 1. The van der Waals surface area contributed by atoms with Crippen LogP contribution in [0.1, 0.15) is 46.5 Å². The molecule has 0 radical (unpaired) electrons. The summed E-state index contributed by atoms with van der Waals surface area (Å²) in [5.41, 5.74) is 0.810. The molecular formula is C25H33N3O3. The molecule has 2 atom stereocenters. The van der Waals surface area contributed by atoms with Crippen molar-refractivity contribution in [2.75, 3.05) is 23.3 Å². The molecule has 0 saturated carbocycles. The zero-order valence-corrected chi connectivity index (χ0v) is 18.7. The fourth-order valence-corrected chi connectivity index (χ4v) is 3.89. The normalized spacial score (nSPS) is 16.3. The van der Waals surface area contributed by atoms with Crippen LogP contribution in [0.5, 0.6) is 5.75 Å². The van der Waals surface area contributed by atoms with Crippen molar-refractivity contribution in [1.29, 1.82) is 0 Å². The predicted molar refractivity (Wildman–Crippen MR) is 125 cm³/mol. The Hall–Kier alpha value is -3.02. The van der Waals surface area contributed by atoms with Crippen LogP contribution in [0.3, 0.4) is 0 Å². The van der Waals surface area contributed by atoms with E-state index in [0.29, 0.717) is 12.2 Å². The Morgan fingerprint density at radius 2 is 1.81 bits per heavy atom. The molecule has 2 unspecified atom stereocenters. The van der Waals surface area contributed by atoms with Gasteiger partial charge in [0, 0.05) is 24.5 Å². The zero-order chi connectivity index (χ0) is 22.3. The molecule has 0 bridgehead atoms. The fourth-order valence-electron chi connectivity index (χ4n) is 3.89. The minimum atomic E-state index is -1.04. The van der Waals surface area contributed by atoms with E-state index in [-0.39, 0.29) is 11.8 Å². The number of carbonyl (C=O) groups is 2. The van der Waals surface area contributed by atoms with Crippen molar-refractivity contribution >= 4 is 23.2 Å². The maximum Gasteiger partial charge on any atom is 0.261 e. The summed E-state index contributed by atoms with van der Waals surface area (Å²) in [7, 11) is 0. The highest BCUT2D eigenvalue weighted by Gasteiger charge is 2.35. The molecule has 2 aromatic carbocycles. The summed E-state index contributed by atoms with van der Waals surface area (Å²) < 4.78 is 5.72. The van der Waals surface area contributed by atoms with Crippen LogP contribution < -0.4 is 20.3 Å². The average molecular weight is 424 g/mol. The molecule has 3 rings (SSSR count). The Morgan fingerprint density at radius 3 is 2.48 bits per heavy atom. The first-order valence-corrected chi connectivity index (χ1v) is 11.1. The molecule has 1 heterocycles. The van der Waals surface area contributed by atoms with E-state index in [0.717, 1.165) is 30.9 Å². The molecule has 1 aliphatic heterocycles. The fraction of sp³-hybridized carbons (Fsp3) is 0.440. The Bertz CT molecular complexity index is 881. The van der Waals surface area contributed by atoms with Crippen molar-refractivity contribution < 1.29 is 14.3 Å². The smallest absolute Gasteiger partial charge is 0.261 e. The van der Waals surface area contributed by atoms with Crippen LogP contribution in [0, 0.1) is 0 Å². The highest BCUT2D eigenvalue weighted by atomic mass is 16.5. The largest absolute Gasteiger partial charge is 0.481 e. The lowest BCUT2D eigenvalue weighted by Crippen LogP contribution is -2.57. The summed E-state index contributed by atoms with van der Waals surface area (Å²) in [6.07, 6.45) is 2.95. The number of amides is 2. The number of rotatable bonds is 9. The van der Waals surface area contributed by atoms with E-state index in [4.69, 9.17) is 4.74 Å². The molecule has 31 heavy (non-hydrogen) atoms. The highest BCUT2D eigenvalue weighted by Crippen LogP contribution is 2.24. The molecule has 166 valence electrons. The lowest BCUT2D eigenvalue weighted by atomic mass is 9.94. The molecule has 6 heteroatoms.